The number of methoxy groups -OCH3 is 2. The molecule has 2 aromatic heterocycles. The Morgan fingerprint density at radius 3 is 2.50 bits per heavy atom. The van der Waals surface area contributed by atoms with E-state index in [0.29, 0.717) is 30.3 Å². The van der Waals surface area contributed by atoms with Crippen LogP contribution in [-0.4, -0.2) is 30.1 Å². The molecule has 144 valence electrons. The van der Waals surface area contributed by atoms with Crippen molar-refractivity contribution in [2.45, 2.75) is 13.1 Å². The van der Waals surface area contributed by atoms with Crippen LogP contribution in [0.25, 0.3) is 0 Å². The number of nitrogens with zero attached hydrogens (tertiary/aromatic N) is 2. The molecule has 0 aliphatic carbocycles. The molecule has 1 amide bonds. The summed E-state index contributed by atoms with van der Waals surface area (Å²) >= 11 is 0. The molecular weight excluding hydrogens is 356 g/mol. The fourth-order valence-corrected chi connectivity index (χ4v) is 2.60. The number of rotatable bonds is 8. The van der Waals surface area contributed by atoms with Gasteiger partial charge in [-0.1, -0.05) is 12.1 Å². The third kappa shape index (κ3) is 4.97. The van der Waals surface area contributed by atoms with Gasteiger partial charge in [0.15, 0.2) is 11.5 Å². The lowest BCUT2D eigenvalue weighted by Gasteiger charge is -2.11. The van der Waals surface area contributed by atoms with Gasteiger partial charge in [0, 0.05) is 25.5 Å². The van der Waals surface area contributed by atoms with Crippen LogP contribution < -0.4 is 20.1 Å². The molecule has 0 radical (unpaired) electrons. The van der Waals surface area contributed by atoms with Gasteiger partial charge in [-0.2, -0.15) is 0 Å². The van der Waals surface area contributed by atoms with Crippen molar-refractivity contribution >= 4 is 11.6 Å². The number of aromatic nitrogens is 2. The SMILES string of the molecule is COc1ccc(CNc2ccc(C(=O)NCc3cccnc3)nc2)cc1OC. The molecule has 7 heteroatoms. The van der Waals surface area contributed by atoms with Crippen molar-refractivity contribution in [3.05, 3.63) is 77.9 Å². The van der Waals surface area contributed by atoms with Crippen LogP contribution in [0.15, 0.2) is 61.1 Å². The Labute approximate surface area is 163 Å². The average molecular weight is 378 g/mol. The monoisotopic (exact) mass is 378 g/mol. The van der Waals surface area contributed by atoms with Gasteiger partial charge in [-0.05, 0) is 41.5 Å². The van der Waals surface area contributed by atoms with Crippen molar-refractivity contribution in [3.8, 4) is 11.5 Å². The fourth-order valence-electron chi connectivity index (χ4n) is 2.60. The minimum Gasteiger partial charge on any atom is -0.493 e. The molecule has 0 spiro atoms. The third-order valence-electron chi connectivity index (χ3n) is 4.12. The Hall–Kier alpha value is -3.61. The lowest BCUT2D eigenvalue weighted by Crippen LogP contribution is -2.23. The molecule has 0 saturated heterocycles. The molecule has 2 N–H and O–H groups in total. The number of hydrogen-bond donors (Lipinski definition) is 2. The zero-order chi connectivity index (χ0) is 19.8. The zero-order valence-corrected chi connectivity index (χ0v) is 15.8. The summed E-state index contributed by atoms with van der Waals surface area (Å²) in [5.74, 6) is 1.14. The molecule has 3 rings (SSSR count). The molecule has 2 heterocycles. The molecule has 7 nitrogen and oxygen atoms in total. The predicted molar refractivity (Wildman–Crippen MR) is 107 cm³/mol. The highest BCUT2D eigenvalue weighted by Gasteiger charge is 2.08. The topological polar surface area (TPSA) is 85.4 Å². The molecule has 0 aliphatic heterocycles. The van der Waals surface area contributed by atoms with Crippen molar-refractivity contribution in [1.29, 1.82) is 0 Å². The van der Waals surface area contributed by atoms with Gasteiger partial charge in [0.1, 0.15) is 5.69 Å². The standard InChI is InChI=1S/C21H22N4O3/c1-27-19-8-5-15(10-20(19)28-2)12-23-17-6-7-18(24-14-17)21(26)25-13-16-4-3-9-22-11-16/h3-11,14,23H,12-13H2,1-2H3,(H,25,26). The van der Waals surface area contributed by atoms with E-state index >= 15 is 0 Å². The smallest absolute Gasteiger partial charge is 0.270 e. The van der Waals surface area contributed by atoms with Gasteiger partial charge in [0.25, 0.3) is 5.91 Å². The Morgan fingerprint density at radius 1 is 0.964 bits per heavy atom. The summed E-state index contributed by atoms with van der Waals surface area (Å²) in [6, 6.07) is 13.0. The molecular formula is C21H22N4O3. The highest BCUT2D eigenvalue weighted by molar-refractivity contribution is 5.92. The fraction of sp³-hybridized carbons (Fsp3) is 0.190. The summed E-state index contributed by atoms with van der Waals surface area (Å²) in [6.07, 6.45) is 5.05. The molecule has 0 bridgehead atoms. The van der Waals surface area contributed by atoms with Crippen molar-refractivity contribution in [3.63, 3.8) is 0 Å². The second-order valence-electron chi connectivity index (χ2n) is 6.02. The molecule has 0 aliphatic rings. The summed E-state index contributed by atoms with van der Waals surface area (Å²) in [6.45, 7) is 1.00. The van der Waals surface area contributed by atoms with Crippen molar-refractivity contribution < 1.29 is 14.3 Å². The third-order valence-corrected chi connectivity index (χ3v) is 4.12. The van der Waals surface area contributed by atoms with E-state index in [-0.39, 0.29) is 5.91 Å². The summed E-state index contributed by atoms with van der Waals surface area (Å²) in [5, 5.41) is 6.10. The normalized spacial score (nSPS) is 10.2. The van der Waals surface area contributed by atoms with Gasteiger partial charge in [0.2, 0.25) is 0 Å². The Morgan fingerprint density at radius 2 is 1.82 bits per heavy atom. The first-order valence-corrected chi connectivity index (χ1v) is 8.77. The van der Waals surface area contributed by atoms with Gasteiger partial charge in [-0.25, -0.2) is 4.98 Å². The van der Waals surface area contributed by atoms with Crippen LogP contribution in [0.1, 0.15) is 21.6 Å². The van der Waals surface area contributed by atoms with E-state index < -0.39 is 0 Å². The average Bonchev–Trinajstić information content (AvgIpc) is 2.76. The molecule has 0 fully saturated rings. The van der Waals surface area contributed by atoms with Crippen LogP contribution in [0.3, 0.4) is 0 Å². The van der Waals surface area contributed by atoms with Gasteiger partial charge in [-0.15, -0.1) is 0 Å². The van der Waals surface area contributed by atoms with Crippen LogP contribution in [0, 0.1) is 0 Å². The minimum atomic E-state index is -0.227. The van der Waals surface area contributed by atoms with E-state index in [0.717, 1.165) is 16.8 Å². The number of amides is 1. The molecule has 0 unspecified atom stereocenters. The number of nitrogens with one attached hydrogen (secondary N) is 2. The van der Waals surface area contributed by atoms with Crippen LogP contribution in [-0.2, 0) is 13.1 Å². The summed E-state index contributed by atoms with van der Waals surface area (Å²) in [7, 11) is 3.22. The maximum Gasteiger partial charge on any atom is 0.270 e. The van der Waals surface area contributed by atoms with Gasteiger partial charge in [0.05, 0.1) is 26.1 Å². The lowest BCUT2D eigenvalue weighted by atomic mass is 10.2. The quantitative estimate of drug-likeness (QED) is 0.627. The maximum atomic E-state index is 12.2. The summed E-state index contributed by atoms with van der Waals surface area (Å²) < 4.78 is 10.6. The van der Waals surface area contributed by atoms with Gasteiger partial charge >= 0.3 is 0 Å². The molecule has 0 atom stereocenters. The van der Waals surface area contributed by atoms with Crippen LogP contribution in [0.5, 0.6) is 11.5 Å². The van der Waals surface area contributed by atoms with E-state index in [1.165, 1.54) is 0 Å². The predicted octanol–water partition coefficient (Wildman–Crippen LogP) is 3.04. The molecule has 28 heavy (non-hydrogen) atoms. The number of pyridine rings is 2. The second-order valence-corrected chi connectivity index (χ2v) is 6.02. The first-order chi connectivity index (χ1) is 13.7. The van der Waals surface area contributed by atoms with Crippen molar-refractivity contribution in [2.75, 3.05) is 19.5 Å². The minimum absolute atomic E-state index is 0.227. The number of hydrogen-bond acceptors (Lipinski definition) is 6. The lowest BCUT2D eigenvalue weighted by molar-refractivity contribution is 0.0946. The first kappa shape index (κ1) is 19.2. The van der Waals surface area contributed by atoms with Gasteiger partial charge < -0.3 is 20.1 Å². The number of carbonyl (C=O) groups is 1. The highest BCUT2D eigenvalue weighted by atomic mass is 16.5. The van der Waals surface area contributed by atoms with E-state index in [4.69, 9.17) is 9.47 Å². The molecule has 3 aromatic rings. The van der Waals surface area contributed by atoms with E-state index in [2.05, 4.69) is 20.6 Å². The van der Waals surface area contributed by atoms with Crippen LogP contribution >= 0.6 is 0 Å². The van der Waals surface area contributed by atoms with Gasteiger partial charge in [-0.3, -0.25) is 9.78 Å². The highest BCUT2D eigenvalue weighted by Crippen LogP contribution is 2.27. The Balaban J connectivity index is 1.55. The number of benzene rings is 1. The molecule has 0 saturated carbocycles. The Kier molecular flexibility index (Phi) is 6.41. The van der Waals surface area contributed by atoms with Crippen LogP contribution in [0.4, 0.5) is 5.69 Å². The molecule has 1 aromatic carbocycles. The number of carbonyl (C=O) groups excluding carboxylic acids is 1. The van der Waals surface area contributed by atoms with E-state index in [9.17, 15) is 4.79 Å². The van der Waals surface area contributed by atoms with E-state index in [1.807, 2.05) is 36.4 Å². The van der Waals surface area contributed by atoms with E-state index in [1.54, 1.807) is 38.9 Å². The zero-order valence-electron chi connectivity index (χ0n) is 15.8. The Bertz CT molecular complexity index is 915. The summed E-state index contributed by atoms with van der Waals surface area (Å²) in [5.41, 5.74) is 3.15. The summed E-state index contributed by atoms with van der Waals surface area (Å²) in [4.78, 5) is 20.5. The van der Waals surface area contributed by atoms with Crippen LogP contribution in [0.2, 0.25) is 0 Å². The number of ether oxygens (including phenoxy) is 2. The first-order valence-electron chi connectivity index (χ1n) is 8.77. The van der Waals surface area contributed by atoms with Crippen molar-refractivity contribution in [1.82, 2.24) is 15.3 Å². The number of anilines is 1. The maximum absolute atomic E-state index is 12.2. The van der Waals surface area contributed by atoms with Crippen molar-refractivity contribution in [2.24, 2.45) is 0 Å². The second kappa shape index (κ2) is 9.36. The largest absolute Gasteiger partial charge is 0.493 e.